The van der Waals surface area contributed by atoms with Crippen LogP contribution in [0, 0.1) is 0 Å². The molecule has 128 valence electrons. The summed E-state index contributed by atoms with van der Waals surface area (Å²) in [6.07, 6.45) is -4.46. The summed E-state index contributed by atoms with van der Waals surface area (Å²) in [6.45, 7) is -0.430. The number of aliphatic hydroxyl groups is 1. The Bertz CT molecular complexity index is 702. The number of hydrogen-bond donors (Lipinski definition) is 3. The highest BCUT2D eigenvalue weighted by atomic mass is 19.4. The summed E-state index contributed by atoms with van der Waals surface area (Å²) in [5, 5.41) is 21.1. The maximum absolute atomic E-state index is 13.0. The summed E-state index contributed by atoms with van der Waals surface area (Å²) in [5.41, 5.74) is -1.01. The minimum absolute atomic E-state index is 0.267. The van der Waals surface area contributed by atoms with E-state index in [4.69, 9.17) is 0 Å². The van der Waals surface area contributed by atoms with E-state index in [0.29, 0.717) is 6.07 Å². The van der Waals surface area contributed by atoms with Crippen LogP contribution in [0.1, 0.15) is 21.5 Å². The maximum Gasteiger partial charge on any atom is 0.417 e. The molecule has 1 amide bonds. The zero-order valence-electron chi connectivity index (χ0n) is 12.5. The molecular formula is C17H16F3NO3. The van der Waals surface area contributed by atoms with Gasteiger partial charge in [-0.3, -0.25) is 4.79 Å². The van der Waals surface area contributed by atoms with E-state index in [9.17, 15) is 28.2 Å². The van der Waals surface area contributed by atoms with Crippen molar-refractivity contribution >= 4 is 5.91 Å². The Balaban J connectivity index is 2.20. The highest BCUT2D eigenvalue weighted by Gasteiger charge is 2.35. The van der Waals surface area contributed by atoms with E-state index in [1.54, 1.807) is 30.3 Å². The third-order valence-corrected chi connectivity index (χ3v) is 3.43. The van der Waals surface area contributed by atoms with E-state index in [0.717, 1.165) is 17.7 Å². The Labute approximate surface area is 136 Å². The highest BCUT2D eigenvalue weighted by molar-refractivity contribution is 5.96. The molecule has 0 bridgehead atoms. The molecule has 0 radical (unpaired) electrons. The molecule has 0 aliphatic rings. The Morgan fingerprint density at radius 1 is 1.12 bits per heavy atom. The Morgan fingerprint density at radius 2 is 1.79 bits per heavy atom. The number of halogens is 3. The van der Waals surface area contributed by atoms with E-state index >= 15 is 0 Å². The standard InChI is InChI=1S/C17H16F3NO3/c18-17(19,20)15-7-6-13(23)9-14(15)16(24)21-12(10-22)8-11-4-2-1-3-5-11/h1-7,9,12,22-23H,8,10H2,(H,21,24)/t12-/m0/s1. The Kier molecular flexibility index (Phi) is 5.46. The zero-order valence-corrected chi connectivity index (χ0v) is 12.5. The molecule has 0 heterocycles. The summed E-state index contributed by atoms with van der Waals surface area (Å²) < 4.78 is 39.0. The molecule has 7 heteroatoms. The number of carbonyl (C=O) groups excluding carboxylic acids is 1. The van der Waals surface area contributed by atoms with Crippen LogP contribution in [0.4, 0.5) is 13.2 Å². The molecule has 2 aromatic carbocycles. The fourth-order valence-electron chi connectivity index (χ4n) is 2.29. The van der Waals surface area contributed by atoms with Crippen LogP contribution in [0.5, 0.6) is 5.75 Å². The Morgan fingerprint density at radius 3 is 2.38 bits per heavy atom. The minimum Gasteiger partial charge on any atom is -0.508 e. The molecule has 1 atom stereocenters. The third-order valence-electron chi connectivity index (χ3n) is 3.43. The molecule has 2 aromatic rings. The topological polar surface area (TPSA) is 69.6 Å². The molecule has 0 spiro atoms. The van der Waals surface area contributed by atoms with E-state index in [-0.39, 0.29) is 6.42 Å². The quantitative estimate of drug-likeness (QED) is 0.784. The Hall–Kier alpha value is -2.54. The van der Waals surface area contributed by atoms with Gasteiger partial charge in [-0.25, -0.2) is 0 Å². The van der Waals surface area contributed by atoms with E-state index in [1.807, 2.05) is 0 Å². The lowest BCUT2D eigenvalue weighted by molar-refractivity contribution is -0.137. The van der Waals surface area contributed by atoms with Crippen molar-refractivity contribution in [3.63, 3.8) is 0 Å². The number of hydrogen-bond acceptors (Lipinski definition) is 3. The molecule has 0 unspecified atom stereocenters. The number of benzene rings is 2. The second-order valence-corrected chi connectivity index (χ2v) is 5.27. The van der Waals surface area contributed by atoms with Gasteiger partial charge in [0.05, 0.1) is 23.8 Å². The number of alkyl halides is 3. The first-order valence-corrected chi connectivity index (χ1v) is 7.17. The maximum atomic E-state index is 13.0. The van der Waals surface area contributed by atoms with E-state index < -0.39 is 41.6 Å². The molecule has 0 fully saturated rings. The van der Waals surface area contributed by atoms with Crippen LogP contribution in [0.3, 0.4) is 0 Å². The highest BCUT2D eigenvalue weighted by Crippen LogP contribution is 2.33. The molecule has 0 saturated carbocycles. The van der Waals surface area contributed by atoms with Gasteiger partial charge in [0.2, 0.25) is 0 Å². The molecule has 0 saturated heterocycles. The zero-order chi connectivity index (χ0) is 17.7. The second-order valence-electron chi connectivity index (χ2n) is 5.27. The van der Waals surface area contributed by atoms with Crippen molar-refractivity contribution in [1.29, 1.82) is 0 Å². The number of aromatic hydroxyl groups is 1. The molecule has 0 aromatic heterocycles. The first-order chi connectivity index (χ1) is 11.3. The fraction of sp³-hybridized carbons (Fsp3) is 0.235. The first kappa shape index (κ1) is 17.8. The smallest absolute Gasteiger partial charge is 0.417 e. The van der Waals surface area contributed by atoms with Gasteiger partial charge >= 0.3 is 6.18 Å². The number of aliphatic hydroxyl groups excluding tert-OH is 1. The molecule has 4 nitrogen and oxygen atoms in total. The van der Waals surface area contributed by atoms with Gasteiger partial charge in [-0.2, -0.15) is 13.2 Å². The second kappa shape index (κ2) is 7.35. The summed E-state index contributed by atoms with van der Waals surface area (Å²) in [5.74, 6) is -1.45. The van der Waals surface area contributed by atoms with Crippen molar-refractivity contribution in [1.82, 2.24) is 5.32 Å². The number of phenolic OH excluding ortho intramolecular Hbond substituents is 1. The lowest BCUT2D eigenvalue weighted by Gasteiger charge is -2.18. The third kappa shape index (κ3) is 4.48. The lowest BCUT2D eigenvalue weighted by atomic mass is 10.0. The van der Waals surface area contributed by atoms with Crippen LogP contribution in [-0.2, 0) is 12.6 Å². The number of rotatable bonds is 5. The molecular weight excluding hydrogens is 323 g/mol. The predicted octanol–water partition coefficient (Wildman–Crippen LogP) is 2.74. The molecule has 0 aliphatic heterocycles. The van der Waals surface area contributed by atoms with E-state index in [1.165, 1.54) is 0 Å². The van der Waals surface area contributed by atoms with Crippen molar-refractivity contribution in [2.45, 2.75) is 18.6 Å². The van der Waals surface area contributed by atoms with Gasteiger partial charge < -0.3 is 15.5 Å². The van der Waals surface area contributed by atoms with Crippen molar-refractivity contribution in [3.05, 3.63) is 65.2 Å². The molecule has 2 rings (SSSR count). The summed E-state index contributed by atoms with van der Waals surface area (Å²) >= 11 is 0. The minimum atomic E-state index is -4.73. The molecule has 0 aliphatic carbocycles. The van der Waals surface area contributed by atoms with Crippen molar-refractivity contribution in [2.75, 3.05) is 6.61 Å². The first-order valence-electron chi connectivity index (χ1n) is 7.17. The van der Waals surface area contributed by atoms with Crippen LogP contribution >= 0.6 is 0 Å². The molecule has 24 heavy (non-hydrogen) atoms. The lowest BCUT2D eigenvalue weighted by Crippen LogP contribution is -2.39. The van der Waals surface area contributed by atoms with Gasteiger partial charge in [-0.05, 0) is 30.2 Å². The monoisotopic (exact) mass is 339 g/mol. The van der Waals surface area contributed by atoms with E-state index in [2.05, 4.69) is 5.32 Å². The average Bonchev–Trinajstić information content (AvgIpc) is 2.53. The summed E-state index contributed by atoms with van der Waals surface area (Å²) in [7, 11) is 0. The molecule has 3 N–H and O–H groups in total. The fourth-order valence-corrected chi connectivity index (χ4v) is 2.29. The summed E-state index contributed by atoms with van der Waals surface area (Å²) in [6, 6.07) is 10.5. The van der Waals surface area contributed by atoms with Gasteiger partial charge in [0.1, 0.15) is 5.75 Å². The van der Waals surface area contributed by atoms with Crippen LogP contribution in [-0.4, -0.2) is 28.8 Å². The number of amides is 1. The van der Waals surface area contributed by atoms with Gasteiger partial charge in [0, 0.05) is 0 Å². The van der Waals surface area contributed by atoms with Crippen LogP contribution in [0.25, 0.3) is 0 Å². The van der Waals surface area contributed by atoms with Crippen molar-refractivity contribution in [3.8, 4) is 5.75 Å². The number of carbonyl (C=O) groups is 1. The van der Waals surface area contributed by atoms with Crippen LogP contribution in [0.2, 0.25) is 0 Å². The van der Waals surface area contributed by atoms with Gasteiger partial charge in [-0.1, -0.05) is 30.3 Å². The SMILES string of the molecule is O=C(N[C@H](CO)Cc1ccccc1)c1cc(O)ccc1C(F)(F)F. The van der Waals surface area contributed by atoms with Crippen LogP contribution in [0.15, 0.2) is 48.5 Å². The predicted molar refractivity (Wildman–Crippen MR) is 81.6 cm³/mol. The van der Waals surface area contributed by atoms with Gasteiger partial charge in [0.25, 0.3) is 5.91 Å². The number of nitrogens with one attached hydrogen (secondary N) is 1. The van der Waals surface area contributed by atoms with Crippen molar-refractivity contribution in [2.24, 2.45) is 0 Å². The van der Waals surface area contributed by atoms with Crippen LogP contribution < -0.4 is 5.32 Å². The largest absolute Gasteiger partial charge is 0.508 e. The summed E-state index contributed by atoms with van der Waals surface area (Å²) in [4.78, 5) is 12.2. The average molecular weight is 339 g/mol. The van der Waals surface area contributed by atoms with Gasteiger partial charge in [-0.15, -0.1) is 0 Å². The van der Waals surface area contributed by atoms with Crippen molar-refractivity contribution < 1.29 is 28.2 Å². The normalized spacial score (nSPS) is 12.7. The van der Waals surface area contributed by atoms with Gasteiger partial charge in [0.15, 0.2) is 0 Å². The number of phenols is 1.